The summed E-state index contributed by atoms with van der Waals surface area (Å²) in [6, 6.07) is 1.69. The van der Waals surface area contributed by atoms with Crippen molar-refractivity contribution in [1.82, 2.24) is 10.6 Å². The highest BCUT2D eigenvalue weighted by Crippen LogP contribution is 2.15. The minimum atomic E-state index is -0.884. The van der Waals surface area contributed by atoms with Crippen molar-refractivity contribution in [3.05, 3.63) is 35.1 Å². The highest BCUT2D eigenvalue weighted by atomic mass is 35.5. The molecule has 0 radical (unpaired) electrons. The van der Waals surface area contributed by atoms with E-state index in [-0.39, 0.29) is 43.0 Å². The number of nitrogens with one attached hydrogen (secondary N) is 2. The molecule has 7 heteroatoms. The molecular weight excluding hydrogens is 300 g/mol. The Hall–Kier alpha value is -0.490. The molecule has 1 aromatic carbocycles. The normalized spacial score (nSPS) is 15.5. The molecule has 0 saturated carbocycles. The van der Waals surface area contributed by atoms with Gasteiger partial charge in [0.15, 0.2) is 0 Å². The van der Waals surface area contributed by atoms with Crippen molar-refractivity contribution in [3.8, 4) is 0 Å². The SMILES string of the molecule is Cl.Cl.Fc1cc(F)c(CNC2CCNCC2)c(F)c1. The van der Waals surface area contributed by atoms with E-state index < -0.39 is 17.5 Å². The molecule has 0 bridgehead atoms. The molecule has 0 aromatic heterocycles. The van der Waals surface area contributed by atoms with Crippen LogP contribution < -0.4 is 10.6 Å². The molecule has 2 nitrogen and oxygen atoms in total. The van der Waals surface area contributed by atoms with Crippen LogP contribution in [0, 0.1) is 17.5 Å². The van der Waals surface area contributed by atoms with E-state index >= 15 is 0 Å². The molecule has 1 fully saturated rings. The van der Waals surface area contributed by atoms with Crippen molar-refractivity contribution >= 4 is 24.8 Å². The zero-order valence-electron chi connectivity index (χ0n) is 10.2. The fourth-order valence-electron chi connectivity index (χ4n) is 2.01. The van der Waals surface area contributed by atoms with Crippen LogP contribution in [0.4, 0.5) is 13.2 Å². The minimum absolute atomic E-state index is 0. The highest BCUT2D eigenvalue weighted by molar-refractivity contribution is 5.85. The van der Waals surface area contributed by atoms with Crippen molar-refractivity contribution in [3.63, 3.8) is 0 Å². The third-order valence-corrected chi connectivity index (χ3v) is 3.01. The second-order valence-corrected chi connectivity index (χ2v) is 4.25. The first-order valence-corrected chi connectivity index (χ1v) is 5.74. The Bertz CT molecular complexity index is 376. The first-order chi connectivity index (χ1) is 8.16. The van der Waals surface area contributed by atoms with E-state index in [0.29, 0.717) is 12.1 Å². The lowest BCUT2D eigenvalue weighted by Crippen LogP contribution is -2.39. The average molecular weight is 317 g/mol. The van der Waals surface area contributed by atoms with Gasteiger partial charge in [0.2, 0.25) is 0 Å². The summed E-state index contributed by atoms with van der Waals surface area (Å²) in [5, 5.41) is 6.30. The van der Waals surface area contributed by atoms with Crippen LogP contribution in [0.3, 0.4) is 0 Å². The standard InChI is InChI=1S/C12H15F3N2.2ClH/c13-8-5-11(14)10(12(15)6-8)7-17-9-1-3-16-4-2-9;;/h5-6,9,16-17H,1-4,7H2;2*1H. The molecule has 2 rings (SSSR count). The Balaban J connectivity index is 0.00000162. The fourth-order valence-corrected chi connectivity index (χ4v) is 2.01. The van der Waals surface area contributed by atoms with Gasteiger partial charge in [0.25, 0.3) is 0 Å². The molecule has 0 spiro atoms. The Labute approximate surface area is 123 Å². The van der Waals surface area contributed by atoms with E-state index in [0.717, 1.165) is 25.9 Å². The highest BCUT2D eigenvalue weighted by Gasteiger charge is 2.15. The maximum atomic E-state index is 13.3. The van der Waals surface area contributed by atoms with E-state index in [1.165, 1.54) is 0 Å². The second-order valence-electron chi connectivity index (χ2n) is 4.25. The fraction of sp³-hybridized carbons (Fsp3) is 0.500. The van der Waals surface area contributed by atoms with Gasteiger partial charge < -0.3 is 10.6 Å². The molecule has 1 saturated heterocycles. The largest absolute Gasteiger partial charge is 0.317 e. The Kier molecular flexibility index (Phi) is 8.41. The quantitative estimate of drug-likeness (QED) is 0.896. The maximum absolute atomic E-state index is 13.3. The van der Waals surface area contributed by atoms with Gasteiger partial charge in [0.05, 0.1) is 0 Å². The number of benzene rings is 1. The van der Waals surface area contributed by atoms with Crippen LogP contribution in [-0.4, -0.2) is 19.1 Å². The molecule has 1 heterocycles. The van der Waals surface area contributed by atoms with Gasteiger partial charge in [-0.1, -0.05) is 0 Å². The molecule has 0 unspecified atom stereocenters. The average Bonchev–Trinajstić information content (AvgIpc) is 2.29. The molecule has 110 valence electrons. The third-order valence-electron chi connectivity index (χ3n) is 3.01. The van der Waals surface area contributed by atoms with Gasteiger partial charge in [-0.2, -0.15) is 0 Å². The summed E-state index contributed by atoms with van der Waals surface area (Å²) >= 11 is 0. The van der Waals surface area contributed by atoms with E-state index in [1.54, 1.807) is 0 Å². The lowest BCUT2D eigenvalue weighted by molar-refractivity contribution is 0.379. The van der Waals surface area contributed by atoms with Crippen LogP contribution in [0.1, 0.15) is 18.4 Å². The van der Waals surface area contributed by atoms with Crippen molar-refractivity contribution in [2.24, 2.45) is 0 Å². The van der Waals surface area contributed by atoms with Crippen LogP contribution in [0.25, 0.3) is 0 Å². The van der Waals surface area contributed by atoms with Crippen molar-refractivity contribution in [2.45, 2.75) is 25.4 Å². The predicted molar refractivity (Wildman–Crippen MR) is 73.5 cm³/mol. The minimum Gasteiger partial charge on any atom is -0.317 e. The number of piperidine rings is 1. The molecule has 1 aromatic rings. The lowest BCUT2D eigenvalue weighted by Gasteiger charge is -2.24. The van der Waals surface area contributed by atoms with Gasteiger partial charge in [-0.15, -0.1) is 24.8 Å². The van der Waals surface area contributed by atoms with Crippen LogP contribution in [0.5, 0.6) is 0 Å². The van der Waals surface area contributed by atoms with Gasteiger partial charge in [0, 0.05) is 30.3 Å². The van der Waals surface area contributed by atoms with E-state index in [2.05, 4.69) is 10.6 Å². The van der Waals surface area contributed by atoms with Crippen LogP contribution in [-0.2, 0) is 6.54 Å². The summed E-state index contributed by atoms with van der Waals surface area (Å²) in [4.78, 5) is 0. The smallest absolute Gasteiger partial charge is 0.133 e. The summed E-state index contributed by atoms with van der Waals surface area (Å²) in [6.07, 6.45) is 1.87. The molecule has 1 aliphatic rings. The molecule has 0 aliphatic carbocycles. The van der Waals surface area contributed by atoms with Gasteiger partial charge >= 0.3 is 0 Å². The monoisotopic (exact) mass is 316 g/mol. The Morgan fingerprint density at radius 1 is 1.05 bits per heavy atom. The zero-order chi connectivity index (χ0) is 12.3. The van der Waals surface area contributed by atoms with Crippen LogP contribution in [0.15, 0.2) is 12.1 Å². The summed E-state index contributed by atoms with van der Waals surface area (Å²) in [5.41, 5.74) is -0.0927. The Morgan fingerprint density at radius 2 is 1.58 bits per heavy atom. The molecule has 0 amide bonds. The molecular formula is C12H17Cl2F3N2. The summed E-state index contributed by atoms with van der Waals surface area (Å²) in [7, 11) is 0. The van der Waals surface area contributed by atoms with Gasteiger partial charge in [-0.05, 0) is 25.9 Å². The number of rotatable bonds is 3. The zero-order valence-corrected chi connectivity index (χ0v) is 11.9. The van der Waals surface area contributed by atoms with Gasteiger partial charge in [-0.25, -0.2) is 13.2 Å². The lowest BCUT2D eigenvalue weighted by atomic mass is 10.1. The van der Waals surface area contributed by atoms with E-state index in [1.807, 2.05) is 0 Å². The first kappa shape index (κ1) is 18.5. The topological polar surface area (TPSA) is 24.1 Å². The second kappa shape index (κ2) is 8.64. The van der Waals surface area contributed by atoms with Crippen LogP contribution in [0.2, 0.25) is 0 Å². The predicted octanol–water partition coefficient (Wildman–Crippen LogP) is 2.79. The van der Waals surface area contributed by atoms with E-state index in [9.17, 15) is 13.2 Å². The molecule has 2 N–H and O–H groups in total. The van der Waals surface area contributed by atoms with Crippen molar-refractivity contribution in [2.75, 3.05) is 13.1 Å². The third kappa shape index (κ3) is 5.18. The number of halogens is 5. The summed E-state index contributed by atoms with van der Waals surface area (Å²) < 4.78 is 39.4. The Morgan fingerprint density at radius 3 is 2.11 bits per heavy atom. The van der Waals surface area contributed by atoms with Crippen molar-refractivity contribution < 1.29 is 13.2 Å². The number of hydrogen-bond donors (Lipinski definition) is 2. The van der Waals surface area contributed by atoms with E-state index in [4.69, 9.17) is 0 Å². The number of hydrogen-bond acceptors (Lipinski definition) is 2. The molecule has 1 aliphatic heterocycles. The maximum Gasteiger partial charge on any atom is 0.133 e. The summed E-state index contributed by atoms with van der Waals surface area (Å²) in [5.74, 6) is -2.54. The first-order valence-electron chi connectivity index (χ1n) is 5.74. The summed E-state index contributed by atoms with van der Waals surface area (Å²) in [6.45, 7) is 1.92. The van der Waals surface area contributed by atoms with Crippen LogP contribution >= 0.6 is 24.8 Å². The van der Waals surface area contributed by atoms with Gasteiger partial charge in [0.1, 0.15) is 17.5 Å². The van der Waals surface area contributed by atoms with Gasteiger partial charge in [-0.3, -0.25) is 0 Å². The molecule has 19 heavy (non-hydrogen) atoms. The molecule has 0 atom stereocenters. The van der Waals surface area contributed by atoms with Crippen molar-refractivity contribution in [1.29, 1.82) is 0 Å².